The van der Waals surface area contributed by atoms with Crippen LogP contribution >= 0.6 is 0 Å². The van der Waals surface area contributed by atoms with Gasteiger partial charge in [-0.05, 0) is 61.3 Å². The lowest BCUT2D eigenvalue weighted by Crippen LogP contribution is -2.48. The highest BCUT2D eigenvalue weighted by Gasteiger charge is 2.52. The molecule has 4 N–H and O–H groups in total. The van der Waals surface area contributed by atoms with Crippen molar-refractivity contribution in [2.75, 3.05) is 13.1 Å². The Kier molecular flexibility index (Phi) is 3.81. The first-order valence-electron chi connectivity index (χ1n) is 9.55. The summed E-state index contributed by atoms with van der Waals surface area (Å²) in [5.41, 5.74) is 3.57. The van der Waals surface area contributed by atoms with Crippen LogP contribution in [0.1, 0.15) is 40.4 Å². The van der Waals surface area contributed by atoms with E-state index in [1.54, 1.807) is 0 Å². The number of aromatic amines is 1. The quantitative estimate of drug-likeness (QED) is 0.567. The average Bonchev–Trinajstić information content (AvgIpc) is 3.26. The third-order valence-corrected chi connectivity index (χ3v) is 6.31. The molecule has 3 aromatic rings. The standard InChI is InChI=1S/C22H23N3O2/c26-20-19(25-21(27)15-5-6-18-14(13-15)7-10-24-18)16-3-1-2-4-17(16)22(20)8-11-23-12-9-22/h1-7,10,13,19-20,23-24,26H,8-9,11-12H2,(H,25,27)/t19-,20+/m1/s1. The van der Waals surface area contributed by atoms with Gasteiger partial charge in [0.2, 0.25) is 0 Å². The van der Waals surface area contributed by atoms with Gasteiger partial charge in [0.1, 0.15) is 0 Å². The van der Waals surface area contributed by atoms with E-state index in [0.717, 1.165) is 42.4 Å². The maximum atomic E-state index is 12.9. The van der Waals surface area contributed by atoms with Crippen LogP contribution in [0.15, 0.2) is 54.7 Å². The summed E-state index contributed by atoms with van der Waals surface area (Å²) in [6.45, 7) is 1.77. The summed E-state index contributed by atoms with van der Waals surface area (Å²) in [4.78, 5) is 16.1. The van der Waals surface area contributed by atoms with Gasteiger partial charge in [-0.2, -0.15) is 0 Å². The summed E-state index contributed by atoms with van der Waals surface area (Å²) >= 11 is 0. The highest BCUT2D eigenvalue weighted by molar-refractivity contribution is 5.98. The normalized spacial score (nSPS) is 23.4. The highest BCUT2D eigenvalue weighted by atomic mass is 16.3. The lowest BCUT2D eigenvalue weighted by atomic mass is 9.72. The fraction of sp³-hybridized carbons (Fsp3) is 0.318. The predicted octanol–water partition coefficient (Wildman–Crippen LogP) is 2.63. The van der Waals surface area contributed by atoms with E-state index in [1.807, 2.05) is 48.7 Å². The molecular formula is C22H23N3O2. The van der Waals surface area contributed by atoms with Crippen molar-refractivity contribution in [3.05, 3.63) is 71.4 Å². The number of carbonyl (C=O) groups is 1. The monoisotopic (exact) mass is 361 g/mol. The number of aliphatic hydroxyl groups is 1. The van der Waals surface area contributed by atoms with E-state index in [4.69, 9.17) is 0 Å². The molecule has 1 spiro atoms. The van der Waals surface area contributed by atoms with Crippen LogP contribution < -0.4 is 10.6 Å². The first kappa shape index (κ1) is 16.5. The van der Waals surface area contributed by atoms with Gasteiger partial charge in [0.05, 0.1) is 12.1 Å². The van der Waals surface area contributed by atoms with Crippen molar-refractivity contribution in [3.8, 4) is 0 Å². The van der Waals surface area contributed by atoms with Crippen molar-refractivity contribution < 1.29 is 9.90 Å². The van der Waals surface area contributed by atoms with Gasteiger partial charge in [-0.15, -0.1) is 0 Å². The SMILES string of the molecule is O=C(N[C@@H]1c2ccccc2C2(CCNCC2)[C@H]1O)c1ccc2[nH]ccc2c1. The minimum absolute atomic E-state index is 0.150. The lowest BCUT2D eigenvalue weighted by molar-refractivity contribution is 0.0418. The minimum Gasteiger partial charge on any atom is -0.390 e. The van der Waals surface area contributed by atoms with Gasteiger partial charge in [-0.25, -0.2) is 0 Å². The van der Waals surface area contributed by atoms with Crippen LogP contribution in [0.25, 0.3) is 10.9 Å². The Morgan fingerprint density at radius 3 is 2.78 bits per heavy atom. The van der Waals surface area contributed by atoms with Gasteiger partial charge in [-0.1, -0.05) is 24.3 Å². The number of amides is 1. The van der Waals surface area contributed by atoms with Gasteiger partial charge in [0.25, 0.3) is 5.91 Å². The molecule has 2 heterocycles. The minimum atomic E-state index is -0.614. The number of aliphatic hydroxyl groups excluding tert-OH is 1. The van der Waals surface area contributed by atoms with E-state index < -0.39 is 6.10 Å². The molecule has 0 saturated carbocycles. The fourth-order valence-electron chi connectivity index (χ4n) is 4.88. The molecule has 27 heavy (non-hydrogen) atoms. The number of benzene rings is 2. The first-order valence-corrected chi connectivity index (χ1v) is 9.55. The zero-order chi connectivity index (χ0) is 18.4. The van der Waals surface area contributed by atoms with E-state index in [1.165, 1.54) is 5.56 Å². The van der Waals surface area contributed by atoms with Gasteiger partial charge < -0.3 is 20.7 Å². The largest absolute Gasteiger partial charge is 0.390 e. The first-order chi connectivity index (χ1) is 13.2. The van der Waals surface area contributed by atoms with Crippen LogP contribution in [0.2, 0.25) is 0 Å². The summed E-state index contributed by atoms with van der Waals surface area (Å²) < 4.78 is 0. The Morgan fingerprint density at radius 2 is 1.93 bits per heavy atom. The molecule has 0 bridgehead atoms. The van der Waals surface area contributed by atoms with Gasteiger partial charge in [-0.3, -0.25) is 4.79 Å². The summed E-state index contributed by atoms with van der Waals surface area (Å²) in [5, 5.41) is 18.8. The van der Waals surface area contributed by atoms with E-state index >= 15 is 0 Å². The Labute approximate surface area is 157 Å². The van der Waals surface area contributed by atoms with Crippen molar-refractivity contribution in [2.45, 2.75) is 30.4 Å². The van der Waals surface area contributed by atoms with Crippen LogP contribution in [0.4, 0.5) is 0 Å². The van der Waals surface area contributed by atoms with Crippen molar-refractivity contribution in [1.82, 2.24) is 15.6 Å². The van der Waals surface area contributed by atoms with E-state index in [9.17, 15) is 9.90 Å². The molecule has 0 radical (unpaired) electrons. The number of hydrogen-bond acceptors (Lipinski definition) is 3. The second kappa shape index (κ2) is 6.22. The number of H-pyrrole nitrogens is 1. The fourth-order valence-corrected chi connectivity index (χ4v) is 4.88. The average molecular weight is 361 g/mol. The van der Waals surface area contributed by atoms with E-state index in [2.05, 4.69) is 21.7 Å². The van der Waals surface area contributed by atoms with Crippen molar-refractivity contribution in [2.24, 2.45) is 0 Å². The maximum absolute atomic E-state index is 12.9. The second-order valence-corrected chi connectivity index (χ2v) is 7.67. The van der Waals surface area contributed by atoms with Crippen molar-refractivity contribution in [3.63, 3.8) is 0 Å². The predicted molar refractivity (Wildman–Crippen MR) is 105 cm³/mol. The molecule has 1 aliphatic carbocycles. The van der Waals surface area contributed by atoms with E-state index in [0.29, 0.717) is 5.56 Å². The molecule has 0 unspecified atom stereocenters. The van der Waals surface area contributed by atoms with Crippen LogP contribution in [-0.4, -0.2) is 35.2 Å². The second-order valence-electron chi connectivity index (χ2n) is 7.67. The van der Waals surface area contributed by atoms with Gasteiger partial charge >= 0.3 is 0 Å². The molecule has 5 nitrogen and oxygen atoms in total. The zero-order valence-corrected chi connectivity index (χ0v) is 15.0. The molecule has 1 saturated heterocycles. The zero-order valence-electron chi connectivity index (χ0n) is 15.0. The number of fused-ring (bicyclic) bond motifs is 3. The van der Waals surface area contributed by atoms with Crippen LogP contribution in [0.5, 0.6) is 0 Å². The summed E-state index contributed by atoms with van der Waals surface area (Å²) in [6, 6.07) is 15.4. The number of rotatable bonds is 2. The Morgan fingerprint density at radius 1 is 1.11 bits per heavy atom. The number of nitrogens with one attached hydrogen (secondary N) is 3. The van der Waals surface area contributed by atoms with Gasteiger partial charge in [0, 0.05) is 28.1 Å². The molecule has 5 heteroatoms. The molecule has 1 aromatic heterocycles. The van der Waals surface area contributed by atoms with Gasteiger partial charge in [0.15, 0.2) is 0 Å². The third kappa shape index (κ3) is 2.50. The van der Waals surface area contributed by atoms with E-state index in [-0.39, 0.29) is 17.4 Å². The molecule has 5 rings (SSSR count). The number of carbonyl (C=O) groups excluding carboxylic acids is 1. The van der Waals surface area contributed by atoms with Crippen LogP contribution in [-0.2, 0) is 5.41 Å². The summed E-state index contributed by atoms with van der Waals surface area (Å²) in [7, 11) is 0. The molecule has 1 aliphatic heterocycles. The molecular weight excluding hydrogens is 338 g/mol. The Hall–Kier alpha value is -2.63. The number of hydrogen-bond donors (Lipinski definition) is 4. The van der Waals surface area contributed by atoms with Crippen LogP contribution in [0.3, 0.4) is 0 Å². The summed E-state index contributed by atoms with van der Waals surface area (Å²) in [5.74, 6) is -0.150. The molecule has 1 fully saturated rings. The van der Waals surface area contributed by atoms with Crippen LogP contribution in [0, 0.1) is 0 Å². The van der Waals surface area contributed by atoms with Crippen molar-refractivity contribution in [1.29, 1.82) is 0 Å². The number of aromatic nitrogens is 1. The third-order valence-electron chi connectivity index (χ3n) is 6.31. The highest BCUT2D eigenvalue weighted by Crippen LogP contribution is 2.50. The Bertz CT molecular complexity index is 1000. The molecule has 2 aliphatic rings. The topological polar surface area (TPSA) is 77.2 Å². The van der Waals surface area contributed by atoms with Crippen molar-refractivity contribution >= 4 is 16.8 Å². The lowest BCUT2D eigenvalue weighted by Gasteiger charge is -2.38. The maximum Gasteiger partial charge on any atom is 0.251 e. The summed E-state index contributed by atoms with van der Waals surface area (Å²) in [6.07, 6.45) is 3.01. The molecule has 2 atom stereocenters. The smallest absolute Gasteiger partial charge is 0.251 e. The molecule has 138 valence electrons. The number of piperidine rings is 1. The Balaban J connectivity index is 1.48. The molecule has 1 amide bonds. The molecule has 2 aromatic carbocycles.